The average Bonchev–Trinajstić information content (AvgIpc) is 2.80. The van der Waals surface area contributed by atoms with Crippen LogP contribution in [-0.4, -0.2) is 21.7 Å². The maximum Gasteiger partial charge on any atom is 0.150 e. The molecule has 1 aliphatic heterocycles. The van der Waals surface area contributed by atoms with Gasteiger partial charge in [0.1, 0.15) is 0 Å². The number of aromatic nitrogens is 2. The Morgan fingerprint density at radius 3 is 2.76 bits per heavy atom. The van der Waals surface area contributed by atoms with Crippen molar-refractivity contribution in [2.24, 2.45) is 0 Å². The topological polar surface area (TPSA) is 47.1 Å². The quantitative estimate of drug-likeness (QED) is 0.808. The van der Waals surface area contributed by atoms with Crippen LogP contribution in [0.25, 0.3) is 5.69 Å². The van der Waals surface area contributed by atoms with Crippen LogP contribution in [0.3, 0.4) is 0 Å². The van der Waals surface area contributed by atoms with Crippen molar-refractivity contribution in [2.45, 2.75) is 20.0 Å². The number of hydrogen-bond donors (Lipinski definition) is 1. The van der Waals surface area contributed by atoms with Crippen molar-refractivity contribution in [2.75, 3.05) is 12.8 Å². The molecule has 0 spiro atoms. The van der Waals surface area contributed by atoms with Crippen LogP contribution in [0.15, 0.2) is 24.3 Å². The summed E-state index contributed by atoms with van der Waals surface area (Å²) < 4.78 is 1.99. The summed E-state index contributed by atoms with van der Waals surface area (Å²) in [5.41, 5.74) is 10.7. The summed E-state index contributed by atoms with van der Waals surface area (Å²) in [6.07, 6.45) is 0. The first kappa shape index (κ1) is 10.4. The molecule has 17 heavy (non-hydrogen) atoms. The lowest BCUT2D eigenvalue weighted by Gasteiger charge is -2.10. The number of nitrogen functional groups attached to an aromatic ring is 1. The smallest absolute Gasteiger partial charge is 0.150 e. The summed E-state index contributed by atoms with van der Waals surface area (Å²) in [5.74, 6) is 0.660. The molecule has 3 rings (SSSR count). The van der Waals surface area contributed by atoms with E-state index in [1.807, 2.05) is 16.8 Å². The Bertz CT molecular complexity index is 571. The second-order valence-corrected chi connectivity index (χ2v) is 4.68. The minimum absolute atomic E-state index is 0.660. The molecule has 1 aromatic carbocycles. The van der Waals surface area contributed by atoms with Crippen LogP contribution in [0.5, 0.6) is 0 Å². The van der Waals surface area contributed by atoms with E-state index in [9.17, 15) is 0 Å². The highest BCUT2D eigenvalue weighted by atomic mass is 15.3. The van der Waals surface area contributed by atoms with E-state index in [2.05, 4.69) is 36.1 Å². The van der Waals surface area contributed by atoms with E-state index in [4.69, 9.17) is 5.73 Å². The molecule has 0 aliphatic carbocycles. The van der Waals surface area contributed by atoms with Gasteiger partial charge in [-0.1, -0.05) is 18.2 Å². The summed E-state index contributed by atoms with van der Waals surface area (Å²) >= 11 is 0. The van der Waals surface area contributed by atoms with Crippen molar-refractivity contribution >= 4 is 5.82 Å². The van der Waals surface area contributed by atoms with E-state index in [0.717, 1.165) is 18.8 Å². The number of para-hydroxylation sites is 1. The normalized spacial score (nSPS) is 15.2. The zero-order chi connectivity index (χ0) is 12.0. The highest BCUT2D eigenvalue weighted by molar-refractivity contribution is 5.50. The van der Waals surface area contributed by atoms with Crippen molar-refractivity contribution in [3.8, 4) is 5.69 Å². The number of fused-ring (bicyclic) bond motifs is 1. The number of benzene rings is 1. The molecule has 88 valence electrons. The van der Waals surface area contributed by atoms with E-state index in [1.165, 1.54) is 16.8 Å². The zero-order valence-electron chi connectivity index (χ0n) is 10.1. The predicted octanol–water partition coefficient (Wildman–Crippen LogP) is 1.71. The van der Waals surface area contributed by atoms with Crippen molar-refractivity contribution in [3.63, 3.8) is 0 Å². The van der Waals surface area contributed by atoms with Gasteiger partial charge in [0.15, 0.2) is 5.82 Å². The van der Waals surface area contributed by atoms with Gasteiger partial charge in [-0.05, 0) is 25.6 Å². The van der Waals surface area contributed by atoms with Crippen LogP contribution in [-0.2, 0) is 13.1 Å². The fourth-order valence-electron chi connectivity index (χ4n) is 2.42. The van der Waals surface area contributed by atoms with Crippen molar-refractivity contribution in [1.29, 1.82) is 0 Å². The first-order valence-corrected chi connectivity index (χ1v) is 5.77. The molecule has 0 atom stereocenters. The molecular weight excluding hydrogens is 212 g/mol. The van der Waals surface area contributed by atoms with E-state index in [0.29, 0.717) is 5.82 Å². The molecule has 2 N–H and O–H groups in total. The summed E-state index contributed by atoms with van der Waals surface area (Å²) in [7, 11) is 2.10. The first-order chi connectivity index (χ1) is 8.16. The van der Waals surface area contributed by atoms with Crippen molar-refractivity contribution < 1.29 is 0 Å². The molecule has 0 saturated heterocycles. The third-order valence-electron chi connectivity index (χ3n) is 3.31. The Balaban J connectivity index is 2.18. The second kappa shape index (κ2) is 3.60. The molecular formula is C13H16N4. The molecule has 4 nitrogen and oxygen atoms in total. The van der Waals surface area contributed by atoms with Gasteiger partial charge in [-0.3, -0.25) is 4.90 Å². The summed E-state index contributed by atoms with van der Waals surface area (Å²) in [6, 6.07) is 8.25. The summed E-state index contributed by atoms with van der Waals surface area (Å²) in [4.78, 5) is 2.25. The van der Waals surface area contributed by atoms with Gasteiger partial charge < -0.3 is 5.73 Å². The number of aryl methyl sites for hydroxylation is 1. The van der Waals surface area contributed by atoms with Crippen molar-refractivity contribution in [3.05, 3.63) is 41.1 Å². The minimum atomic E-state index is 0.660. The van der Waals surface area contributed by atoms with Crippen LogP contribution >= 0.6 is 0 Å². The number of hydrogen-bond acceptors (Lipinski definition) is 3. The molecule has 0 unspecified atom stereocenters. The highest BCUT2D eigenvalue weighted by Crippen LogP contribution is 2.29. The lowest BCUT2D eigenvalue weighted by Crippen LogP contribution is -2.12. The van der Waals surface area contributed by atoms with Crippen LogP contribution in [0.1, 0.15) is 16.8 Å². The van der Waals surface area contributed by atoms with Gasteiger partial charge in [0.05, 0.1) is 11.4 Å². The molecule has 0 fully saturated rings. The molecule has 0 radical (unpaired) electrons. The molecule has 0 saturated carbocycles. The fourth-order valence-corrected chi connectivity index (χ4v) is 2.42. The number of rotatable bonds is 1. The zero-order valence-corrected chi connectivity index (χ0v) is 10.1. The maximum atomic E-state index is 5.98. The average molecular weight is 228 g/mol. The Kier molecular flexibility index (Phi) is 2.19. The van der Waals surface area contributed by atoms with Gasteiger partial charge in [-0.2, -0.15) is 5.10 Å². The molecule has 1 aromatic heterocycles. The third kappa shape index (κ3) is 1.52. The van der Waals surface area contributed by atoms with Gasteiger partial charge in [-0.25, -0.2) is 4.68 Å². The van der Waals surface area contributed by atoms with Crippen LogP contribution in [0, 0.1) is 6.92 Å². The largest absolute Gasteiger partial charge is 0.382 e. The molecule has 0 bridgehead atoms. The van der Waals surface area contributed by atoms with E-state index < -0.39 is 0 Å². The first-order valence-electron chi connectivity index (χ1n) is 5.77. The lowest BCUT2D eigenvalue weighted by atomic mass is 10.2. The standard InChI is InChI=1S/C13H16N4/c1-9-5-3-4-6-11(9)17-12-8-16(2)7-10(12)13(14)15-17/h3-6H,7-8H2,1-2H3,(H2,14,15). The Hall–Kier alpha value is -1.81. The fraction of sp³-hybridized carbons (Fsp3) is 0.308. The minimum Gasteiger partial charge on any atom is -0.382 e. The second-order valence-electron chi connectivity index (χ2n) is 4.68. The molecule has 4 heteroatoms. The number of nitrogens with zero attached hydrogens (tertiary/aromatic N) is 3. The van der Waals surface area contributed by atoms with Gasteiger partial charge in [-0.15, -0.1) is 0 Å². The summed E-state index contributed by atoms with van der Waals surface area (Å²) in [5, 5.41) is 4.47. The van der Waals surface area contributed by atoms with Crippen molar-refractivity contribution in [1.82, 2.24) is 14.7 Å². The predicted molar refractivity (Wildman–Crippen MR) is 67.9 cm³/mol. The molecule has 2 aromatic rings. The van der Waals surface area contributed by atoms with Crippen LogP contribution in [0.4, 0.5) is 5.82 Å². The van der Waals surface area contributed by atoms with E-state index in [1.54, 1.807) is 0 Å². The lowest BCUT2D eigenvalue weighted by molar-refractivity contribution is 0.346. The molecule has 0 amide bonds. The van der Waals surface area contributed by atoms with Gasteiger partial charge in [0, 0.05) is 18.7 Å². The Morgan fingerprint density at radius 1 is 1.24 bits per heavy atom. The van der Waals surface area contributed by atoms with Gasteiger partial charge in [0.2, 0.25) is 0 Å². The monoisotopic (exact) mass is 228 g/mol. The number of anilines is 1. The Labute approximate surface area is 101 Å². The SMILES string of the molecule is Cc1ccccc1-n1nc(N)c2c1CN(C)C2. The van der Waals surface area contributed by atoms with E-state index in [-0.39, 0.29) is 0 Å². The maximum absolute atomic E-state index is 5.98. The molecule has 2 heterocycles. The molecule has 1 aliphatic rings. The van der Waals surface area contributed by atoms with Gasteiger partial charge >= 0.3 is 0 Å². The number of nitrogens with two attached hydrogens (primary N) is 1. The third-order valence-corrected chi connectivity index (χ3v) is 3.31. The Morgan fingerprint density at radius 2 is 2.00 bits per heavy atom. The van der Waals surface area contributed by atoms with E-state index >= 15 is 0 Å². The van der Waals surface area contributed by atoms with Crippen LogP contribution in [0.2, 0.25) is 0 Å². The van der Waals surface area contributed by atoms with Gasteiger partial charge in [0.25, 0.3) is 0 Å². The van der Waals surface area contributed by atoms with Crippen LogP contribution < -0.4 is 5.73 Å². The highest BCUT2D eigenvalue weighted by Gasteiger charge is 2.25. The summed E-state index contributed by atoms with van der Waals surface area (Å²) in [6.45, 7) is 3.90.